The number of H-pyrrole nitrogens is 1. The molecule has 1 amide bonds. The number of carbonyl (C=O) groups is 1. The molecule has 7 heteroatoms. The van der Waals surface area contributed by atoms with Crippen molar-refractivity contribution < 1.29 is 4.79 Å². The molecule has 126 valence electrons. The van der Waals surface area contributed by atoms with E-state index in [4.69, 9.17) is 0 Å². The highest BCUT2D eigenvalue weighted by atomic mass is 79.9. The molecule has 1 fully saturated rings. The van der Waals surface area contributed by atoms with Crippen molar-refractivity contribution >= 4 is 33.6 Å². The molecule has 0 radical (unpaired) electrons. The number of nitrogens with one attached hydrogen (secondary N) is 2. The summed E-state index contributed by atoms with van der Waals surface area (Å²) in [6.07, 6.45) is 2.18. The number of hydrogen-bond acceptors (Lipinski definition) is 4. The van der Waals surface area contributed by atoms with Gasteiger partial charge in [-0.05, 0) is 37.5 Å². The zero-order valence-corrected chi connectivity index (χ0v) is 15.6. The van der Waals surface area contributed by atoms with Gasteiger partial charge in [0.2, 0.25) is 5.91 Å². The van der Waals surface area contributed by atoms with Gasteiger partial charge >= 0.3 is 0 Å². The second-order valence-corrected chi connectivity index (χ2v) is 7.76. The molecule has 1 aliphatic carbocycles. The number of aromatic nitrogens is 2. The van der Waals surface area contributed by atoms with Crippen LogP contribution >= 0.6 is 27.7 Å². The van der Waals surface area contributed by atoms with Gasteiger partial charge in [-0.25, -0.2) is 4.98 Å². The first-order chi connectivity index (χ1) is 11.5. The smallest absolute Gasteiger partial charge is 0.251 e. The van der Waals surface area contributed by atoms with Crippen molar-refractivity contribution in [3.8, 4) is 0 Å². The zero-order valence-electron chi connectivity index (χ0n) is 13.2. The van der Waals surface area contributed by atoms with Crippen LogP contribution in [0.3, 0.4) is 0 Å². The summed E-state index contributed by atoms with van der Waals surface area (Å²) < 4.78 is 1.01. The van der Waals surface area contributed by atoms with Crippen molar-refractivity contribution in [2.45, 2.75) is 36.9 Å². The summed E-state index contributed by atoms with van der Waals surface area (Å²) in [7, 11) is 0. The van der Waals surface area contributed by atoms with E-state index >= 15 is 0 Å². The Morgan fingerprint density at radius 1 is 1.42 bits per heavy atom. The maximum absolute atomic E-state index is 12.1. The van der Waals surface area contributed by atoms with Gasteiger partial charge in [0, 0.05) is 16.5 Å². The van der Waals surface area contributed by atoms with Gasteiger partial charge < -0.3 is 10.3 Å². The lowest BCUT2D eigenvalue weighted by atomic mass is 10.1. The van der Waals surface area contributed by atoms with E-state index < -0.39 is 0 Å². The van der Waals surface area contributed by atoms with Gasteiger partial charge in [0.05, 0.1) is 17.5 Å². The molecule has 0 aliphatic heterocycles. The topological polar surface area (TPSA) is 74.8 Å². The molecule has 0 unspecified atom stereocenters. The number of carbonyl (C=O) groups excluding carboxylic acids is 1. The van der Waals surface area contributed by atoms with Gasteiger partial charge in [0.1, 0.15) is 0 Å². The predicted octanol–water partition coefficient (Wildman–Crippen LogP) is 3.38. The van der Waals surface area contributed by atoms with Crippen LogP contribution in [0, 0.1) is 0 Å². The van der Waals surface area contributed by atoms with E-state index in [-0.39, 0.29) is 23.3 Å². The van der Waals surface area contributed by atoms with E-state index in [0.717, 1.165) is 28.6 Å². The number of amides is 1. The van der Waals surface area contributed by atoms with E-state index in [1.54, 1.807) is 6.07 Å². The number of rotatable bonds is 6. The summed E-state index contributed by atoms with van der Waals surface area (Å²) in [5.74, 6) is 0.547. The first-order valence-corrected chi connectivity index (χ1v) is 9.58. The standard InChI is InChI=1S/C17H18BrN3O2S/c1-10(11-4-6-13(18)7-5-11)19-16(23)9-24-17-20-14(12-2-3-12)8-15(22)21-17/h4-8,10,12H,2-3,9H2,1H3,(H,19,23)(H,20,21,22)/t10-/m0/s1. The van der Waals surface area contributed by atoms with Gasteiger partial charge in [-0.1, -0.05) is 39.8 Å². The molecule has 0 saturated heterocycles. The normalized spacial score (nSPS) is 15.1. The van der Waals surface area contributed by atoms with Crippen LogP contribution in [0.5, 0.6) is 0 Å². The van der Waals surface area contributed by atoms with Crippen LogP contribution < -0.4 is 10.9 Å². The molecule has 1 aliphatic rings. The molecule has 0 spiro atoms. The van der Waals surface area contributed by atoms with E-state index in [9.17, 15) is 9.59 Å². The third-order valence-corrected chi connectivity index (χ3v) is 5.22. The highest BCUT2D eigenvalue weighted by Crippen LogP contribution is 2.38. The molecule has 2 aromatic rings. The van der Waals surface area contributed by atoms with Gasteiger partial charge in [0.15, 0.2) is 5.16 Å². The number of halogens is 1. The third kappa shape index (κ3) is 4.70. The summed E-state index contributed by atoms with van der Waals surface area (Å²) in [5, 5.41) is 3.47. The lowest BCUT2D eigenvalue weighted by Crippen LogP contribution is -2.28. The molecule has 0 bridgehead atoms. The monoisotopic (exact) mass is 407 g/mol. The van der Waals surface area contributed by atoms with Gasteiger partial charge in [-0.2, -0.15) is 0 Å². The van der Waals surface area contributed by atoms with Crippen molar-refractivity contribution in [2.24, 2.45) is 0 Å². The summed E-state index contributed by atoms with van der Waals surface area (Å²) in [5.41, 5.74) is 1.72. The van der Waals surface area contributed by atoms with Crippen molar-refractivity contribution in [1.82, 2.24) is 15.3 Å². The van der Waals surface area contributed by atoms with Gasteiger partial charge in [0.25, 0.3) is 5.56 Å². The van der Waals surface area contributed by atoms with Crippen LogP contribution in [-0.2, 0) is 4.79 Å². The Kier molecular flexibility index (Phi) is 5.40. The maximum atomic E-state index is 12.1. The van der Waals surface area contributed by atoms with Crippen molar-refractivity contribution in [1.29, 1.82) is 0 Å². The fourth-order valence-electron chi connectivity index (χ4n) is 2.36. The fourth-order valence-corrected chi connectivity index (χ4v) is 3.32. The van der Waals surface area contributed by atoms with Gasteiger partial charge in [-0.3, -0.25) is 9.59 Å². The number of hydrogen-bond donors (Lipinski definition) is 2. The highest BCUT2D eigenvalue weighted by molar-refractivity contribution is 9.10. The van der Waals surface area contributed by atoms with Crippen LogP contribution in [-0.4, -0.2) is 21.6 Å². The SMILES string of the molecule is C[C@H](NC(=O)CSc1nc(C2CC2)cc(=O)[nH]1)c1ccc(Br)cc1. The molecular formula is C17H18BrN3O2S. The summed E-state index contributed by atoms with van der Waals surface area (Å²) in [6, 6.07) is 9.32. The highest BCUT2D eigenvalue weighted by Gasteiger charge is 2.25. The van der Waals surface area contributed by atoms with Crippen molar-refractivity contribution in [3.63, 3.8) is 0 Å². The molecule has 5 nitrogen and oxygen atoms in total. The molecule has 1 atom stereocenters. The Balaban J connectivity index is 1.55. The second kappa shape index (κ2) is 7.53. The van der Waals surface area contributed by atoms with Crippen LogP contribution in [0.4, 0.5) is 0 Å². The summed E-state index contributed by atoms with van der Waals surface area (Å²) >= 11 is 4.65. The summed E-state index contributed by atoms with van der Waals surface area (Å²) in [4.78, 5) is 30.9. The maximum Gasteiger partial charge on any atom is 0.251 e. The molecule has 1 saturated carbocycles. The first kappa shape index (κ1) is 17.2. The molecule has 1 aromatic carbocycles. The molecule has 2 N–H and O–H groups in total. The van der Waals surface area contributed by atoms with Crippen molar-refractivity contribution in [3.05, 3.63) is 56.4 Å². The Morgan fingerprint density at radius 2 is 2.12 bits per heavy atom. The van der Waals surface area contributed by atoms with Gasteiger partial charge in [-0.15, -0.1) is 0 Å². The second-order valence-electron chi connectivity index (χ2n) is 5.88. The van der Waals surface area contributed by atoms with Crippen LogP contribution in [0.2, 0.25) is 0 Å². The summed E-state index contributed by atoms with van der Waals surface area (Å²) in [6.45, 7) is 1.94. The number of aromatic amines is 1. The first-order valence-electron chi connectivity index (χ1n) is 7.80. The van der Waals surface area contributed by atoms with E-state index in [0.29, 0.717) is 11.1 Å². The number of nitrogens with zero attached hydrogens (tertiary/aromatic N) is 1. The lowest BCUT2D eigenvalue weighted by Gasteiger charge is -2.14. The number of thioether (sulfide) groups is 1. The Hall–Kier alpha value is -1.60. The molecule has 24 heavy (non-hydrogen) atoms. The van der Waals surface area contributed by atoms with Crippen LogP contribution in [0.15, 0.2) is 44.8 Å². The molecule has 1 heterocycles. The average Bonchev–Trinajstić information content (AvgIpc) is 3.38. The van der Waals surface area contributed by atoms with Crippen molar-refractivity contribution in [2.75, 3.05) is 5.75 Å². The minimum Gasteiger partial charge on any atom is -0.349 e. The molecule has 3 rings (SSSR count). The number of benzene rings is 1. The minimum atomic E-state index is -0.155. The van der Waals surface area contributed by atoms with Crippen LogP contribution in [0.25, 0.3) is 0 Å². The third-order valence-electron chi connectivity index (χ3n) is 3.82. The van der Waals surface area contributed by atoms with E-state index in [2.05, 4.69) is 31.2 Å². The van der Waals surface area contributed by atoms with E-state index in [1.165, 1.54) is 11.8 Å². The lowest BCUT2D eigenvalue weighted by molar-refractivity contribution is -0.119. The fraction of sp³-hybridized carbons (Fsp3) is 0.353. The Morgan fingerprint density at radius 3 is 2.79 bits per heavy atom. The van der Waals surface area contributed by atoms with Crippen LogP contribution in [0.1, 0.15) is 43.0 Å². The Labute approximate surface area is 152 Å². The average molecular weight is 408 g/mol. The molecular weight excluding hydrogens is 390 g/mol. The predicted molar refractivity (Wildman–Crippen MR) is 98.3 cm³/mol. The molecule has 1 aromatic heterocycles. The van der Waals surface area contributed by atoms with E-state index in [1.807, 2.05) is 31.2 Å². The zero-order chi connectivity index (χ0) is 17.1. The minimum absolute atomic E-state index is 0.0731. The Bertz CT molecular complexity index is 787. The largest absolute Gasteiger partial charge is 0.349 e. The quantitative estimate of drug-likeness (QED) is 0.568.